The minimum absolute atomic E-state index is 0.661. The Kier molecular flexibility index (Phi) is 5.65. The summed E-state index contributed by atoms with van der Waals surface area (Å²) >= 11 is 0. The van der Waals surface area contributed by atoms with Gasteiger partial charge in [0.2, 0.25) is 0 Å². The van der Waals surface area contributed by atoms with Gasteiger partial charge in [-0.25, -0.2) is 0 Å². The zero-order valence-corrected chi connectivity index (χ0v) is 12.0. The first-order valence-electron chi connectivity index (χ1n) is 7.02. The monoisotopic (exact) mass is 270 g/mol. The molecule has 0 fully saturated rings. The van der Waals surface area contributed by atoms with Gasteiger partial charge in [-0.1, -0.05) is 30.3 Å². The fourth-order valence-corrected chi connectivity index (χ4v) is 2.11. The zero-order chi connectivity index (χ0) is 14.2. The lowest BCUT2D eigenvalue weighted by atomic mass is 10.1. The Hall–Kier alpha value is -1.78. The van der Waals surface area contributed by atoms with Gasteiger partial charge in [0, 0.05) is 38.6 Å². The molecule has 1 aromatic heterocycles. The lowest BCUT2D eigenvalue weighted by molar-refractivity contribution is 0.273. The van der Waals surface area contributed by atoms with Crippen LogP contribution in [0.15, 0.2) is 42.7 Å². The van der Waals surface area contributed by atoms with E-state index in [1.807, 2.05) is 25.4 Å². The van der Waals surface area contributed by atoms with Gasteiger partial charge in [-0.15, -0.1) is 0 Å². The summed E-state index contributed by atoms with van der Waals surface area (Å²) in [5, 5.41) is 0. The number of nitrogens with two attached hydrogens (primary N) is 1. The second-order valence-corrected chi connectivity index (χ2v) is 4.95. The molecule has 0 aliphatic heterocycles. The zero-order valence-electron chi connectivity index (χ0n) is 12.0. The molecular formula is C16H22N4. The number of rotatable bonds is 7. The van der Waals surface area contributed by atoms with E-state index >= 15 is 0 Å². The number of benzene rings is 1. The Morgan fingerprint density at radius 2 is 1.85 bits per heavy atom. The van der Waals surface area contributed by atoms with E-state index in [9.17, 15) is 0 Å². The highest BCUT2D eigenvalue weighted by Crippen LogP contribution is 2.05. The number of aryl methyl sites for hydroxylation is 1. The van der Waals surface area contributed by atoms with Crippen molar-refractivity contribution in [1.82, 2.24) is 14.9 Å². The van der Waals surface area contributed by atoms with Crippen LogP contribution in [0.5, 0.6) is 0 Å². The average Bonchev–Trinajstić information content (AvgIpc) is 2.48. The van der Waals surface area contributed by atoms with Crippen LogP contribution in [0.2, 0.25) is 0 Å². The van der Waals surface area contributed by atoms with Crippen LogP contribution in [-0.2, 0) is 13.0 Å². The van der Waals surface area contributed by atoms with Gasteiger partial charge >= 0.3 is 0 Å². The Balaban J connectivity index is 1.91. The molecule has 1 aromatic carbocycles. The molecule has 0 bridgehead atoms. The molecule has 1 heterocycles. The van der Waals surface area contributed by atoms with E-state index in [2.05, 4.69) is 39.1 Å². The minimum atomic E-state index is 0.661. The summed E-state index contributed by atoms with van der Waals surface area (Å²) in [6.07, 6.45) is 4.69. The van der Waals surface area contributed by atoms with Crippen molar-refractivity contribution in [3.63, 3.8) is 0 Å². The summed E-state index contributed by atoms with van der Waals surface area (Å²) in [7, 11) is 0. The van der Waals surface area contributed by atoms with Crippen LogP contribution < -0.4 is 5.73 Å². The highest BCUT2D eigenvalue weighted by atomic mass is 15.1. The van der Waals surface area contributed by atoms with Crippen LogP contribution >= 0.6 is 0 Å². The van der Waals surface area contributed by atoms with Crippen molar-refractivity contribution in [3.8, 4) is 0 Å². The third-order valence-electron chi connectivity index (χ3n) is 3.22. The molecule has 0 aliphatic rings. The highest BCUT2D eigenvalue weighted by molar-refractivity contribution is 5.15. The van der Waals surface area contributed by atoms with Gasteiger partial charge in [-0.3, -0.25) is 14.9 Å². The molecule has 0 aliphatic carbocycles. The van der Waals surface area contributed by atoms with Gasteiger partial charge in [-0.05, 0) is 18.9 Å². The third kappa shape index (κ3) is 4.72. The van der Waals surface area contributed by atoms with Gasteiger partial charge in [-0.2, -0.15) is 0 Å². The van der Waals surface area contributed by atoms with Crippen molar-refractivity contribution in [1.29, 1.82) is 0 Å². The summed E-state index contributed by atoms with van der Waals surface area (Å²) in [6, 6.07) is 10.5. The summed E-state index contributed by atoms with van der Waals surface area (Å²) < 4.78 is 0. The van der Waals surface area contributed by atoms with E-state index < -0.39 is 0 Å². The van der Waals surface area contributed by atoms with E-state index in [1.54, 1.807) is 0 Å². The first-order valence-corrected chi connectivity index (χ1v) is 7.02. The van der Waals surface area contributed by atoms with Gasteiger partial charge in [0.1, 0.15) is 0 Å². The first kappa shape index (κ1) is 14.6. The molecule has 20 heavy (non-hydrogen) atoms. The van der Waals surface area contributed by atoms with Gasteiger partial charge in [0.25, 0.3) is 0 Å². The highest BCUT2D eigenvalue weighted by Gasteiger charge is 2.06. The molecule has 0 radical (unpaired) electrons. The molecule has 0 atom stereocenters. The number of hydrogen-bond acceptors (Lipinski definition) is 4. The van der Waals surface area contributed by atoms with Gasteiger partial charge < -0.3 is 5.73 Å². The summed E-state index contributed by atoms with van der Waals surface area (Å²) in [5.74, 6) is 0. The second kappa shape index (κ2) is 7.72. The molecule has 106 valence electrons. The quantitative estimate of drug-likeness (QED) is 0.833. The molecule has 4 nitrogen and oxygen atoms in total. The molecule has 0 spiro atoms. The van der Waals surface area contributed by atoms with E-state index in [0.717, 1.165) is 37.4 Å². The van der Waals surface area contributed by atoms with Crippen LogP contribution in [-0.4, -0.2) is 34.5 Å². The van der Waals surface area contributed by atoms with Crippen molar-refractivity contribution in [2.24, 2.45) is 5.73 Å². The molecule has 2 N–H and O–H groups in total. The predicted octanol–water partition coefficient (Wildman–Crippen LogP) is 1.79. The third-order valence-corrected chi connectivity index (χ3v) is 3.22. The standard InChI is InChI=1S/C16H22N4/c1-14-11-19-16(12-18-14)13-20(10-8-17)9-7-15-5-3-2-4-6-15/h2-6,11-12H,7-10,13,17H2,1H3. The number of nitrogens with zero attached hydrogens (tertiary/aromatic N) is 3. The Morgan fingerprint density at radius 1 is 1.05 bits per heavy atom. The lowest BCUT2D eigenvalue weighted by Gasteiger charge is -2.21. The van der Waals surface area contributed by atoms with Gasteiger partial charge in [0.15, 0.2) is 0 Å². The lowest BCUT2D eigenvalue weighted by Crippen LogP contribution is -2.31. The van der Waals surface area contributed by atoms with E-state index in [-0.39, 0.29) is 0 Å². The van der Waals surface area contributed by atoms with Crippen LogP contribution in [0.4, 0.5) is 0 Å². The molecule has 0 saturated carbocycles. The van der Waals surface area contributed by atoms with E-state index in [4.69, 9.17) is 5.73 Å². The van der Waals surface area contributed by atoms with E-state index in [0.29, 0.717) is 6.54 Å². The maximum absolute atomic E-state index is 5.70. The van der Waals surface area contributed by atoms with Crippen molar-refractivity contribution in [3.05, 3.63) is 59.7 Å². The topological polar surface area (TPSA) is 55.0 Å². The average molecular weight is 270 g/mol. The smallest absolute Gasteiger partial charge is 0.0727 e. The van der Waals surface area contributed by atoms with Crippen molar-refractivity contribution < 1.29 is 0 Å². The first-order chi connectivity index (χ1) is 9.78. The van der Waals surface area contributed by atoms with Crippen LogP contribution in [0, 0.1) is 6.92 Å². The normalized spacial score (nSPS) is 10.9. The Labute approximate surface area is 120 Å². The summed E-state index contributed by atoms with van der Waals surface area (Å²) in [6.45, 7) is 5.27. The maximum Gasteiger partial charge on any atom is 0.0727 e. The molecule has 4 heteroatoms. The fraction of sp³-hybridized carbons (Fsp3) is 0.375. The fourth-order valence-electron chi connectivity index (χ4n) is 2.11. The number of hydrogen-bond donors (Lipinski definition) is 1. The molecule has 2 rings (SSSR count). The van der Waals surface area contributed by atoms with Crippen molar-refractivity contribution >= 4 is 0 Å². The SMILES string of the molecule is Cc1cnc(CN(CCN)CCc2ccccc2)cn1. The summed E-state index contributed by atoms with van der Waals surface area (Å²) in [4.78, 5) is 11.0. The van der Waals surface area contributed by atoms with E-state index in [1.165, 1.54) is 5.56 Å². The molecule has 2 aromatic rings. The summed E-state index contributed by atoms with van der Waals surface area (Å²) in [5.41, 5.74) is 8.99. The van der Waals surface area contributed by atoms with Crippen LogP contribution in [0.25, 0.3) is 0 Å². The Morgan fingerprint density at radius 3 is 2.50 bits per heavy atom. The molecular weight excluding hydrogens is 248 g/mol. The van der Waals surface area contributed by atoms with Gasteiger partial charge in [0.05, 0.1) is 11.4 Å². The largest absolute Gasteiger partial charge is 0.329 e. The van der Waals surface area contributed by atoms with Crippen molar-refractivity contribution in [2.45, 2.75) is 19.9 Å². The molecule has 0 unspecified atom stereocenters. The Bertz CT molecular complexity index is 496. The molecule has 0 amide bonds. The molecule has 0 saturated heterocycles. The number of aromatic nitrogens is 2. The minimum Gasteiger partial charge on any atom is -0.329 e. The second-order valence-electron chi connectivity index (χ2n) is 4.95. The predicted molar refractivity (Wildman–Crippen MR) is 81.2 cm³/mol. The van der Waals surface area contributed by atoms with Crippen LogP contribution in [0.3, 0.4) is 0 Å². The maximum atomic E-state index is 5.70. The van der Waals surface area contributed by atoms with Crippen molar-refractivity contribution in [2.75, 3.05) is 19.6 Å². The van der Waals surface area contributed by atoms with Crippen LogP contribution in [0.1, 0.15) is 17.0 Å².